The van der Waals surface area contributed by atoms with Gasteiger partial charge in [0.05, 0.1) is 0 Å². The second kappa shape index (κ2) is 3.24. The molecular formula is C12H22. The molecule has 1 fully saturated rings. The van der Waals surface area contributed by atoms with Gasteiger partial charge in [0, 0.05) is 0 Å². The predicted octanol–water partition coefficient (Wildman–Crippen LogP) is 4.17. The molecule has 0 aromatic rings. The summed E-state index contributed by atoms with van der Waals surface area (Å²) in [5.74, 6) is 0. The predicted molar refractivity (Wildman–Crippen MR) is 55.2 cm³/mol. The van der Waals surface area contributed by atoms with Gasteiger partial charge in [-0.05, 0) is 30.1 Å². The van der Waals surface area contributed by atoms with Crippen LogP contribution in [0.25, 0.3) is 0 Å². The van der Waals surface area contributed by atoms with E-state index in [2.05, 4.69) is 33.4 Å². The van der Waals surface area contributed by atoms with Gasteiger partial charge in [0.25, 0.3) is 0 Å². The highest BCUT2D eigenvalue weighted by molar-refractivity contribution is 4.96. The second-order valence-corrected chi connectivity index (χ2v) is 5.14. The standard InChI is InChI=1S/C12H22/c1-5-8-12(4)10-7-6-9-11(12,2)3/h5H,1,6-10H2,2-4H3. The van der Waals surface area contributed by atoms with Crippen molar-refractivity contribution in [1.29, 1.82) is 0 Å². The molecule has 1 aliphatic rings. The number of hydrogen-bond donors (Lipinski definition) is 0. The van der Waals surface area contributed by atoms with Crippen LogP contribution in [-0.2, 0) is 0 Å². The summed E-state index contributed by atoms with van der Waals surface area (Å²) in [5, 5.41) is 0. The van der Waals surface area contributed by atoms with Gasteiger partial charge in [-0.25, -0.2) is 0 Å². The minimum atomic E-state index is 0.507. The van der Waals surface area contributed by atoms with Gasteiger partial charge in [0.2, 0.25) is 0 Å². The van der Waals surface area contributed by atoms with Gasteiger partial charge < -0.3 is 0 Å². The summed E-state index contributed by atoms with van der Waals surface area (Å²) in [6.07, 6.45) is 8.87. The Morgan fingerprint density at radius 1 is 1.17 bits per heavy atom. The van der Waals surface area contributed by atoms with Gasteiger partial charge in [-0.15, -0.1) is 6.58 Å². The van der Waals surface area contributed by atoms with Crippen molar-refractivity contribution >= 4 is 0 Å². The molecule has 70 valence electrons. The molecule has 0 heterocycles. The molecule has 0 saturated heterocycles. The molecule has 0 nitrogen and oxygen atoms in total. The summed E-state index contributed by atoms with van der Waals surface area (Å²) >= 11 is 0. The molecule has 0 bridgehead atoms. The minimum Gasteiger partial charge on any atom is -0.103 e. The van der Waals surface area contributed by atoms with Gasteiger partial charge in [-0.1, -0.05) is 39.7 Å². The van der Waals surface area contributed by atoms with Gasteiger partial charge in [-0.2, -0.15) is 0 Å². The quantitative estimate of drug-likeness (QED) is 0.540. The van der Waals surface area contributed by atoms with E-state index in [0.717, 1.165) is 0 Å². The first-order chi connectivity index (χ1) is 5.52. The zero-order valence-electron chi connectivity index (χ0n) is 8.82. The van der Waals surface area contributed by atoms with Crippen molar-refractivity contribution in [3.63, 3.8) is 0 Å². The molecule has 0 amide bonds. The van der Waals surface area contributed by atoms with Crippen molar-refractivity contribution in [3.8, 4) is 0 Å². The van der Waals surface area contributed by atoms with E-state index in [1.807, 2.05) is 0 Å². The average Bonchev–Trinajstić information content (AvgIpc) is 1.96. The van der Waals surface area contributed by atoms with Gasteiger partial charge >= 0.3 is 0 Å². The smallest absolute Gasteiger partial charge is 0.0240 e. The van der Waals surface area contributed by atoms with E-state index in [1.165, 1.54) is 32.1 Å². The van der Waals surface area contributed by atoms with Crippen molar-refractivity contribution in [2.75, 3.05) is 0 Å². The maximum Gasteiger partial charge on any atom is -0.0240 e. The molecular weight excluding hydrogens is 144 g/mol. The van der Waals surface area contributed by atoms with Gasteiger partial charge in [-0.3, -0.25) is 0 Å². The van der Waals surface area contributed by atoms with Crippen LogP contribution < -0.4 is 0 Å². The summed E-state index contributed by atoms with van der Waals surface area (Å²) < 4.78 is 0. The molecule has 1 aliphatic carbocycles. The first-order valence-electron chi connectivity index (χ1n) is 5.13. The molecule has 1 atom stereocenters. The lowest BCUT2D eigenvalue weighted by molar-refractivity contribution is 0.0362. The van der Waals surface area contributed by atoms with E-state index in [0.29, 0.717) is 10.8 Å². The Labute approximate surface area is 77.1 Å². The molecule has 0 aromatic carbocycles. The fourth-order valence-corrected chi connectivity index (χ4v) is 2.42. The molecule has 0 heteroatoms. The Morgan fingerprint density at radius 3 is 2.25 bits per heavy atom. The van der Waals surface area contributed by atoms with E-state index in [9.17, 15) is 0 Å². The third-order valence-corrected chi connectivity index (χ3v) is 4.01. The summed E-state index contributed by atoms with van der Waals surface area (Å²) in [4.78, 5) is 0. The van der Waals surface area contributed by atoms with Crippen LogP contribution in [0.3, 0.4) is 0 Å². The van der Waals surface area contributed by atoms with E-state index < -0.39 is 0 Å². The SMILES string of the molecule is C=CCC1(C)CCCCC1(C)C. The van der Waals surface area contributed by atoms with Crippen LogP contribution in [0, 0.1) is 10.8 Å². The first kappa shape index (κ1) is 9.83. The van der Waals surface area contributed by atoms with Crippen LogP contribution in [0.5, 0.6) is 0 Å². The molecule has 12 heavy (non-hydrogen) atoms. The lowest BCUT2D eigenvalue weighted by Crippen LogP contribution is -2.37. The normalized spacial score (nSPS) is 34.6. The van der Waals surface area contributed by atoms with Crippen LogP contribution in [0.4, 0.5) is 0 Å². The summed E-state index contributed by atoms with van der Waals surface area (Å²) in [6.45, 7) is 11.1. The lowest BCUT2D eigenvalue weighted by Gasteiger charge is -2.48. The number of allylic oxidation sites excluding steroid dienone is 1. The zero-order valence-corrected chi connectivity index (χ0v) is 8.82. The van der Waals surface area contributed by atoms with Crippen molar-refractivity contribution in [2.24, 2.45) is 10.8 Å². The highest BCUT2D eigenvalue weighted by Gasteiger charge is 2.41. The zero-order chi connectivity index (χ0) is 9.24. The van der Waals surface area contributed by atoms with Gasteiger partial charge in [0.15, 0.2) is 0 Å². The van der Waals surface area contributed by atoms with Crippen molar-refractivity contribution < 1.29 is 0 Å². The fraction of sp³-hybridized carbons (Fsp3) is 0.833. The van der Waals surface area contributed by atoms with Crippen molar-refractivity contribution in [1.82, 2.24) is 0 Å². The summed E-state index contributed by atoms with van der Waals surface area (Å²) in [5.41, 5.74) is 1.02. The largest absolute Gasteiger partial charge is 0.103 e. The van der Waals surface area contributed by atoms with Crippen molar-refractivity contribution in [2.45, 2.75) is 52.9 Å². The molecule has 1 rings (SSSR count). The Hall–Kier alpha value is -0.260. The maximum absolute atomic E-state index is 3.87. The van der Waals surface area contributed by atoms with Crippen LogP contribution in [0.15, 0.2) is 12.7 Å². The maximum atomic E-state index is 3.87. The number of hydrogen-bond acceptors (Lipinski definition) is 0. The van der Waals surface area contributed by atoms with E-state index in [-0.39, 0.29) is 0 Å². The Bertz CT molecular complexity index is 167. The van der Waals surface area contributed by atoms with Crippen molar-refractivity contribution in [3.05, 3.63) is 12.7 Å². The highest BCUT2D eigenvalue weighted by Crippen LogP contribution is 2.52. The van der Waals surface area contributed by atoms with E-state index >= 15 is 0 Å². The Balaban J connectivity index is 2.76. The fourth-order valence-electron chi connectivity index (χ4n) is 2.42. The minimum absolute atomic E-state index is 0.507. The van der Waals surface area contributed by atoms with Crippen LogP contribution in [0.2, 0.25) is 0 Å². The Morgan fingerprint density at radius 2 is 1.75 bits per heavy atom. The average molecular weight is 166 g/mol. The van der Waals surface area contributed by atoms with Crippen LogP contribution in [0.1, 0.15) is 52.9 Å². The van der Waals surface area contributed by atoms with Gasteiger partial charge in [0.1, 0.15) is 0 Å². The number of rotatable bonds is 2. The third kappa shape index (κ3) is 1.57. The van der Waals surface area contributed by atoms with E-state index in [4.69, 9.17) is 0 Å². The van der Waals surface area contributed by atoms with E-state index in [1.54, 1.807) is 0 Å². The summed E-state index contributed by atoms with van der Waals surface area (Å²) in [6, 6.07) is 0. The molecule has 1 unspecified atom stereocenters. The lowest BCUT2D eigenvalue weighted by atomic mass is 9.57. The van der Waals surface area contributed by atoms with Crippen LogP contribution >= 0.6 is 0 Å². The molecule has 0 aliphatic heterocycles. The molecule has 0 aromatic heterocycles. The first-order valence-corrected chi connectivity index (χ1v) is 5.13. The molecule has 0 radical (unpaired) electrons. The molecule has 0 spiro atoms. The third-order valence-electron chi connectivity index (χ3n) is 4.01. The summed E-state index contributed by atoms with van der Waals surface area (Å²) in [7, 11) is 0. The second-order valence-electron chi connectivity index (χ2n) is 5.14. The topological polar surface area (TPSA) is 0 Å². The highest BCUT2D eigenvalue weighted by atomic mass is 14.5. The molecule has 1 saturated carbocycles. The van der Waals surface area contributed by atoms with Crippen LogP contribution in [-0.4, -0.2) is 0 Å². The Kier molecular flexibility index (Phi) is 2.65. The molecule has 0 N–H and O–H groups in total. The monoisotopic (exact) mass is 166 g/mol.